The van der Waals surface area contributed by atoms with E-state index < -0.39 is 7.12 Å². The molecule has 14 aromatic carbocycles. The van der Waals surface area contributed by atoms with Gasteiger partial charge in [0.1, 0.15) is 44.7 Å². The molecule has 1 aliphatic rings. The SMILES string of the molecule is CC1(C)OB(c2ccc3c(c2)oc2c(-c4ccccc4)cc(-c4ccccc4)cc23)OC1(C)C.Clc1nc(-c2ccccc2)nc(-c2ccc3c(c2)oc2ccccc23)n1.c1ccc(-c2cc(-c3ccccc3)c3oc4cc(-c5nc(-c6ccccc6)nc(-c6ccc7c(c6)oc6ccccc67)n5)ccc4c3c2)cc1. The first-order valence-electron chi connectivity index (χ1n) is 36.6. The molecule has 110 heavy (non-hydrogen) atoms. The Bertz CT molecular complexity index is 6860. The predicted octanol–water partition coefficient (Wildman–Crippen LogP) is 25.0. The van der Waals surface area contributed by atoms with Crippen LogP contribution in [0.25, 0.3) is 189 Å². The van der Waals surface area contributed by atoms with Crippen molar-refractivity contribution < 1.29 is 27.0 Å². The minimum atomic E-state index is -0.420. The molecular weight excluding hydrogens is 1380 g/mol. The van der Waals surface area contributed by atoms with Gasteiger partial charge in [-0.3, -0.25) is 0 Å². The normalized spacial score (nSPS) is 13.2. The Morgan fingerprint density at radius 2 is 0.536 bits per heavy atom. The van der Waals surface area contributed by atoms with Crippen molar-refractivity contribution in [2.75, 3.05) is 0 Å². The number of para-hydroxylation sites is 2. The molecule has 526 valence electrons. The van der Waals surface area contributed by atoms with E-state index in [9.17, 15) is 0 Å². The third kappa shape index (κ3) is 12.7. The highest BCUT2D eigenvalue weighted by molar-refractivity contribution is 6.62. The largest absolute Gasteiger partial charge is 0.494 e. The molecule has 0 atom stereocenters. The summed E-state index contributed by atoms with van der Waals surface area (Å²) in [5.41, 5.74) is 20.2. The summed E-state index contributed by atoms with van der Waals surface area (Å²) in [6.45, 7) is 8.29. The highest BCUT2D eigenvalue weighted by atomic mass is 35.5. The zero-order chi connectivity index (χ0) is 74.0. The van der Waals surface area contributed by atoms with Crippen molar-refractivity contribution in [3.05, 3.63) is 333 Å². The minimum Gasteiger partial charge on any atom is -0.456 e. The van der Waals surface area contributed by atoms with Gasteiger partial charge in [0.25, 0.3) is 0 Å². The van der Waals surface area contributed by atoms with E-state index in [1.807, 2.05) is 158 Å². The molecule has 12 nitrogen and oxygen atoms in total. The Morgan fingerprint density at radius 3 is 0.945 bits per heavy atom. The van der Waals surface area contributed by atoms with E-state index in [1.165, 1.54) is 11.1 Å². The van der Waals surface area contributed by atoms with Crippen molar-refractivity contribution in [1.82, 2.24) is 29.9 Å². The molecule has 1 saturated heterocycles. The molecule has 21 rings (SSSR count). The van der Waals surface area contributed by atoms with Crippen molar-refractivity contribution >= 4 is 112 Å². The Kier molecular flexibility index (Phi) is 16.9. The molecule has 6 aromatic heterocycles. The zero-order valence-electron chi connectivity index (χ0n) is 60.3. The molecule has 20 aromatic rings. The molecule has 0 bridgehead atoms. The topological polar surface area (TPSA) is 148 Å². The van der Waals surface area contributed by atoms with Crippen LogP contribution in [-0.4, -0.2) is 48.2 Å². The maximum Gasteiger partial charge on any atom is 0.494 e. The smallest absolute Gasteiger partial charge is 0.456 e. The van der Waals surface area contributed by atoms with Gasteiger partial charge in [0.2, 0.25) is 5.28 Å². The number of benzene rings is 14. The predicted molar refractivity (Wildman–Crippen MR) is 445 cm³/mol. The second-order valence-corrected chi connectivity index (χ2v) is 28.8. The van der Waals surface area contributed by atoms with Gasteiger partial charge < -0.3 is 27.0 Å². The number of halogens is 1. The molecule has 7 heterocycles. The second kappa shape index (κ2) is 27.7. The van der Waals surface area contributed by atoms with Crippen LogP contribution in [0.15, 0.2) is 345 Å². The van der Waals surface area contributed by atoms with Crippen molar-refractivity contribution in [2.45, 2.75) is 38.9 Å². The molecule has 0 amide bonds. The lowest BCUT2D eigenvalue weighted by Gasteiger charge is -2.32. The van der Waals surface area contributed by atoms with Crippen molar-refractivity contribution in [3.63, 3.8) is 0 Å². The molecule has 1 aliphatic heterocycles. The standard InChI is InChI=1S/C45H27N3O2.C30H27BO3.C21H12ClN3O/c1-4-12-28(13-5-1)33-24-37(29-14-6-2-7-15-29)42-38(25-33)36-23-21-32(27-41(36)50-42)45-47-43(30-16-8-3-9-17-30)46-44(48-45)31-20-22-35-34-18-10-11-19-39(34)49-40(35)26-31;1-29(2)30(3,4)34-31(33-29)23-15-16-24-26-18-22(20-11-7-5-8-12-20)17-25(21-13-9-6-10-14-21)28(26)32-27(24)19-23;22-21-24-19(13-6-2-1-3-7-13)23-20(25-21)14-10-11-16-15-8-4-5-9-17(15)26-18(16)12-14/h1-27H;5-19H,1-4H3;1-12H. The van der Waals surface area contributed by atoms with Crippen LogP contribution >= 0.6 is 11.6 Å². The lowest BCUT2D eigenvalue weighted by molar-refractivity contribution is 0.00578. The molecular formula is C96H66BClN6O6. The lowest BCUT2D eigenvalue weighted by Crippen LogP contribution is -2.41. The Labute approximate surface area is 638 Å². The molecule has 0 radical (unpaired) electrons. The van der Waals surface area contributed by atoms with Crippen molar-refractivity contribution in [1.29, 1.82) is 0 Å². The van der Waals surface area contributed by atoms with E-state index in [4.69, 9.17) is 53.5 Å². The average Bonchev–Trinajstić information content (AvgIpc) is 1.59. The van der Waals surface area contributed by atoms with Crippen LogP contribution in [0.3, 0.4) is 0 Å². The van der Waals surface area contributed by atoms with Gasteiger partial charge in [0, 0.05) is 82.0 Å². The third-order valence-corrected chi connectivity index (χ3v) is 21.1. The van der Waals surface area contributed by atoms with E-state index >= 15 is 0 Å². The van der Waals surface area contributed by atoms with Crippen LogP contribution < -0.4 is 5.46 Å². The summed E-state index contributed by atoms with van der Waals surface area (Å²) in [4.78, 5) is 28.1. The second-order valence-electron chi connectivity index (χ2n) is 28.4. The van der Waals surface area contributed by atoms with Crippen LogP contribution in [0.5, 0.6) is 0 Å². The number of nitrogens with zero attached hydrogens (tertiary/aromatic N) is 6. The minimum absolute atomic E-state index is 0.165. The molecule has 0 spiro atoms. The monoisotopic (exact) mass is 1440 g/mol. The van der Waals surface area contributed by atoms with E-state index in [0.29, 0.717) is 29.1 Å². The summed E-state index contributed by atoms with van der Waals surface area (Å²) in [5.74, 6) is 2.80. The molecule has 1 fully saturated rings. The molecule has 0 aliphatic carbocycles. The molecule has 0 unspecified atom stereocenters. The van der Waals surface area contributed by atoms with Crippen LogP contribution in [0.1, 0.15) is 27.7 Å². The first-order valence-corrected chi connectivity index (χ1v) is 36.9. The van der Waals surface area contributed by atoms with Crippen molar-refractivity contribution in [2.24, 2.45) is 0 Å². The summed E-state index contributed by atoms with van der Waals surface area (Å²) >= 11 is 6.15. The van der Waals surface area contributed by atoms with E-state index in [1.54, 1.807) is 0 Å². The quantitative estimate of drug-likeness (QED) is 0.120. The lowest BCUT2D eigenvalue weighted by atomic mass is 9.79. The van der Waals surface area contributed by atoms with Crippen LogP contribution in [0.2, 0.25) is 5.28 Å². The number of rotatable bonds is 10. The number of furan rings is 4. The van der Waals surface area contributed by atoms with Gasteiger partial charge in [0.15, 0.2) is 29.1 Å². The highest BCUT2D eigenvalue weighted by Crippen LogP contribution is 2.44. The summed E-state index contributed by atoms with van der Waals surface area (Å²) < 4.78 is 38.0. The Hall–Kier alpha value is -13.4. The number of hydrogen-bond acceptors (Lipinski definition) is 12. The maximum absolute atomic E-state index is 6.71. The highest BCUT2D eigenvalue weighted by Gasteiger charge is 2.52. The fourth-order valence-corrected chi connectivity index (χ4v) is 14.7. The van der Waals surface area contributed by atoms with Gasteiger partial charge in [-0.1, -0.05) is 249 Å². The number of fused-ring (bicyclic) bond motifs is 12. The first kappa shape index (κ1) is 67.2. The van der Waals surface area contributed by atoms with Gasteiger partial charge in [0.05, 0.1) is 11.2 Å². The van der Waals surface area contributed by atoms with E-state index in [-0.39, 0.29) is 16.5 Å². The van der Waals surface area contributed by atoms with Gasteiger partial charge >= 0.3 is 7.12 Å². The van der Waals surface area contributed by atoms with Crippen molar-refractivity contribution in [3.8, 4) is 101 Å². The maximum atomic E-state index is 6.71. The van der Waals surface area contributed by atoms with Gasteiger partial charge in [-0.05, 0) is 157 Å². The molecule has 0 saturated carbocycles. The zero-order valence-corrected chi connectivity index (χ0v) is 61.0. The average molecular weight is 1450 g/mol. The fourth-order valence-electron chi connectivity index (χ4n) is 14.6. The van der Waals surface area contributed by atoms with Gasteiger partial charge in [-0.2, -0.15) is 9.97 Å². The van der Waals surface area contributed by atoms with E-state index in [0.717, 1.165) is 154 Å². The van der Waals surface area contributed by atoms with Gasteiger partial charge in [-0.25, -0.2) is 19.9 Å². The third-order valence-electron chi connectivity index (χ3n) is 20.9. The molecule has 14 heteroatoms. The number of aromatic nitrogens is 6. The first-order chi connectivity index (χ1) is 53.8. The summed E-state index contributed by atoms with van der Waals surface area (Å²) in [6, 6.07) is 111. The van der Waals surface area contributed by atoms with Crippen LogP contribution in [0, 0.1) is 0 Å². The van der Waals surface area contributed by atoms with E-state index in [2.05, 4.69) is 213 Å². The molecule has 0 N–H and O–H groups in total. The van der Waals surface area contributed by atoms with Crippen LogP contribution in [0.4, 0.5) is 0 Å². The number of hydrogen-bond donors (Lipinski definition) is 0. The van der Waals surface area contributed by atoms with Gasteiger partial charge in [-0.15, -0.1) is 0 Å². The Balaban J connectivity index is 0.000000119. The van der Waals surface area contributed by atoms with Crippen LogP contribution in [-0.2, 0) is 9.31 Å². The summed E-state index contributed by atoms with van der Waals surface area (Å²) in [5, 5.41) is 8.75. The fraction of sp³-hybridized carbons (Fsp3) is 0.0625. The Morgan fingerprint density at radius 1 is 0.236 bits per heavy atom. The summed E-state index contributed by atoms with van der Waals surface area (Å²) in [7, 11) is -0.420. The summed E-state index contributed by atoms with van der Waals surface area (Å²) in [6.07, 6.45) is 0.